The third-order valence-electron chi connectivity index (χ3n) is 2.68. The maximum absolute atomic E-state index is 12.0. The molecule has 0 aromatic heterocycles. The van der Waals surface area contributed by atoms with Crippen LogP contribution in [0.25, 0.3) is 0 Å². The molecule has 0 saturated heterocycles. The summed E-state index contributed by atoms with van der Waals surface area (Å²) >= 11 is 0. The van der Waals surface area contributed by atoms with E-state index in [2.05, 4.69) is 5.10 Å². The summed E-state index contributed by atoms with van der Waals surface area (Å²) < 4.78 is 0. The van der Waals surface area contributed by atoms with Crippen molar-refractivity contribution in [2.75, 3.05) is 11.6 Å². The number of hydrogen-bond donors (Lipinski definition) is 2. The topological polar surface area (TPSA) is 90.2 Å². The molecule has 1 aliphatic rings. The molecule has 0 fully saturated rings. The minimum atomic E-state index is -1.24. The number of aliphatic hydroxyl groups is 1. The van der Waals surface area contributed by atoms with Crippen LogP contribution < -0.4 is 5.01 Å². The molecular formula is C12H12N2O4. The van der Waals surface area contributed by atoms with Crippen LogP contribution >= 0.6 is 0 Å². The van der Waals surface area contributed by atoms with Crippen molar-refractivity contribution in [1.29, 1.82) is 0 Å². The van der Waals surface area contributed by atoms with E-state index < -0.39 is 17.8 Å². The number of hydrazone groups is 1. The summed E-state index contributed by atoms with van der Waals surface area (Å²) in [5.41, 5.74) is 0.291. The van der Waals surface area contributed by atoms with Gasteiger partial charge in [0.25, 0.3) is 5.91 Å². The number of carbonyl (C=O) groups excluding carboxylic acids is 1. The Labute approximate surface area is 103 Å². The number of carboxylic acids is 1. The molecule has 0 radical (unpaired) electrons. The Hall–Kier alpha value is -2.21. The van der Waals surface area contributed by atoms with Gasteiger partial charge in [0.1, 0.15) is 0 Å². The fraction of sp³-hybridized carbons (Fsp3) is 0.250. The van der Waals surface area contributed by atoms with Crippen LogP contribution in [0.1, 0.15) is 6.42 Å². The van der Waals surface area contributed by atoms with Gasteiger partial charge in [0.05, 0.1) is 11.6 Å². The Morgan fingerprint density at radius 1 is 1.33 bits per heavy atom. The summed E-state index contributed by atoms with van der Waals surface area (Å²) in [6, 6.07) is 8.59. The Bertz CT molecular complexity index is 498. The van der Waals surface area contributed by atoms with Crippen molar-refractivity contribution < 1.29 is 19.8 Å². The predicted octanol–water partition coefficient (Wildman–Crippen LogP) is 0.472. The van der Waals surface area contributed by atoms with Crippen molar-refractivity contribution in [2.45, 2.75) is 6.42 Å². The fourth-order valence-electron chi connectivity index (χ4n) is 1.83. The van der Waals surface area contributed by atoms with Crippen LogP contribution in [0.3, 0.4) is 0 Å². The van der Waals surface area contributed by atoms with Gasteiger partial charge in [-0.3, -0.25) is 4.79 Å². The summed E-state index contributed by atoms with van der Waals surface area (Å²) in [6.07, 6.45) is 0.0628. The van der Waals surface area contributed by atoms with E-state index in [0.717, 1.165) is 5.01 Å². The van der Waals surface area contributed by atoms with Crippen LogP contribution in [-0.4, -0.2) is 34.4 Å². The number of amides is 1. The molecule has 1 heterocycles. The quantitative estimate of drug-likeness (QED) is 0.810. The average Bonchev–Trinajstić information content (AvgIpc) is 2.69. The van der Waals surface area contributed by atoms with Gasteiger partial charge in [-0.1, -0.05) is 18.2 Å². The number of nitrogens with zero attached hydrogens (tertiary/aromatic N) is 2. The zero-order chi connectivity index (χ0) is 13.1. The van der Waals surface area contributed by atoms with Gasteiger partial charge in [0.2, 0.25) is 0 Å². The van der Waals surface area contributed by atoms with Gasteiger partial charge in [-0.25, -0.2) is 4.79 Å². The molecule has 0 unspecified atom stereocenters. The number of aliphatic hydroxyl groups excluding tert-OH is 1. The number of para-hydroxylation sites is 1. The molecule has 6 nitrogen and oxygen atoms in total. The molecule has 0 aliphatic carbocycles. The van der Waals surface area contributed by atoms with Crippen LogP contribution in [0, 0.1) is 5.92 Å². The highest BCUT2D eigenvalue weighted by Crippen LogP contribution is 2.25. The van der Waals surface area contributed by atoms with Crippen molar-refractivity contribution in [1.82, 2.24) is 0 Å². The number of anilines is 1. The van der Waals surface area contributed by atoms with Gasteiger partial charge >= 0.3 is 5.97 Å². The summed E-state index contributed by atoms with van der Waals surface area (Å²) in [5.74, 6) is -2.54. The summed E-state index contributed by atoms with van der Waals surface area (Å²) in [5, 5.41) is 22.8. The number of carbonyl (C=O) groups is 2. The van der Waals surface area contributed by atoms with Gasteiger partial charge < -0.3 is 10.2 Å². The predicted molar refractivity (Wildman–Crippen MR) is 64.2 cm³/mol. The highest BCUT2D eigenvalue weighted by Gasteiger charge is 2.39. The normalized spacial score (nSPS) is 18.9. The molecule has 18 heavy (non-hydrogen) atoms. The third-order valence-corrected chi connectivity index (χ3v) is 2.68. The number of benzene rings is 1. The second-order valence-electron chi connectivity index (χ2n) is 3.84. The highest BCUT2D eigenvalue weighted by atomic mass is 16.4. The lowest BCUT2D eigenvalue weighted by molar-refractivity contribution is -0.130. The van der Waals surface area contributed by atoms with Crippen molar-refractivity contribution >= 4 is 23.3 Å². The Morgan fingerprint density at radius 3 is 2.56 bits per heavy atom. The van der Waals surface area contributed by atoms with Crippen LogP contribution in [0.2, 0.25) is 0 Å². The molecule has 0 bridgehead atoms. The van der Waals surface area contributed by atoms with E-state index in [-0.39, 0.29) is 18.7 Å². The van der Waals surface area contributed by atoms with Crippen LogP contribution in [0.4, 0.5) is 5.69 Å². The molecular weight excluding hydrogens is 236 g/mol. The average molecular weight is 248 g/mol. The van der Waals surface area contributed by atoms with E-state index in [4.69, 9.17) is 10.2 Å². The first-order valence-electron chi connectivity index (χ1n) is 5.47. The van der Waals surface area contributed by atoms with E-state index in [9.17, 15) is 9.59 Å². The molecule has 94 valence electrons. The highest BCUT2D eigenvalue weighted by molar-refractivity contribution is 6.43. The van der Waals surface area contributed by atoms with E-state index in [1.54, 1.807) is 30.3 Å². The van der Waals surface area contributed by atoms with Crippen LogP contribution in [-0.2, 0) is 9.59 Å². The van der Waals surface area contributed by atoms with Crippen molar-refractivity contribution in [3.63, 3.8) is 0 Å². The molecule has 0 spiro atoms. The Kier molecular flexibility index (Phi) is 3.38. The van der Waals surface area contributed by atoms with E-state index in [1.807, 2.05) is 0 Å². The number of rotatable bonds is 4. The lowest BCUT2D eigenvalue weighted by atomic mass is 10.00. The molecule has 0 saturated carbocycles. The first kappa shape index (κ1) is 12.3. The second kappa shape index (κ2) is 4.97. The molecule has 2 rings (SSSR count). The maximum Gasteiger partial charge on any atom is 0.352 e. The fourth-order valence-corrected chi connectivity index (χ4v) is 1.83. The largest absolute Gasteiger partial charge is 0.477 e. The standard InChI is InChI=1S/C12H12N2O4/c15-7-6-9-10(12(17)18)13-14(11(9)16)8-4-2-1-3-5-8/h1-5,9,15H,6-7H2,(H,17,18)/t9-/m1/s1. The molecule has 1 aromatic carbocycles. The summed E-state index contributed by atoms with van der Waals surface area (Å²) in [6.45, 7) is -0.259. The van der Waals surface area contributed by atoms with E-state index >= 15 is 0 Å². The number of carboxylic acid groups (broad SMARTS) is 1. The maximum atomic E-state index is 12.0. The van der Waals surface area contributed by atoms with Gasteiger partial charge in [-0.2, -0.15) is 10.1 Å². The van der Waals surface area contributed by atoms with Crippen molar-refractivity contribution in [3.8, 4) is 0 Å². The number of hydrogen-bond acceptors (Lipinski definition) is 4. The van der Waals surface area contributed by atoms with Gasteiger partial charge in [-0.15, -0.1) is 0 Å². The Morgan fingerprint density at radius 2 is 2.00 bits per heavy atom. The van der Waals surface area contributed by atoms with Crippen molar-refractivity contribution in [3.05, 3.63) is 30.3 Å². The Balaban J connectivity index is 2.34. The van der Waals surface area contributed by atoms with Crippen LogP contribution in [0.15, 0.2) is 35.4 Å². The second-order valence-corrected chi connectivity index (χ2v) is 3.84. The molecule has 1 aliphatic heterocycles. The van der Waals surface area contributed by atoms with Crippen molar-refractivity contribution in [2.24, 2.45) is 11.0 Å². The lowest BCUT2D eigenvalue weighted by Crippen LogP contribution is -2.30. The van der Waals surface area contributed by atoms with Gasteiger partial charge in [0.15, 0.2) is 5.71 Å². The molecule has 6 heteroatoms. The van der Waals surface area contributed by atoms with E-state index in [0.29, 0.717) is 5.69 Å². The van der Waals surface area contributed by atoms with Crippen LogP contribution in [0.5, 0.6) is 0 Å². The smallest absolute Gasteiger partial charge is 0.352 e. The zero-order valence-corrected chi connectivity index (χ0v) is 9.48. The van der Waals surface area contributed by atoms with Gasteiger partial charge in [0, 0.05) is 6.61 Å². The summed E-state index contributed by atoms with van der Waals surface area (Å²) in [7, 11) is 0. The molecule has 1 amide bonds. The minimum Gasteiger partial charge on any atom is -0.477 e. The zero-order valence-electron chi connectivity index (χ0n) is 9.48. The first-order chi connectivity index (χ1) is 8.65. The minimum absolute atomic E-state index is 0.0628. The summed E-state index contributed by atoms with van der Waals surface area (Å²) in [4.78, 5) is 23.1. The first-order valence-corrected chi connectivity index (χ1v) is 5.47. The molecule has 1 aromatic rings. The monoisotopic (exact) mass is 248 g/mol. The number of aliphatic carboxylic acids is 1. The third kappa shape index (κ3) is 2.10. The lowest BCUT2D eigenvalue weighted by Gasteiger charge is -2.13. The SMILES string of the molecule is O=C(O)C1=NN(c2ccccc2)C(=O)[C@@H]1CCO. The molecule has 1 atom stereocenters. The molecule has 2 N–H and O–H groups in total. The van der Waals surface area contributed by atoms with E-state index in [1.165, 1.54) is 0 Å². The van der Waals surface area contributed by atoms with Gasteiger partial charge in [-0.05, 0) is 18.6 Å².